The van der Waals surface area contributed by atoms with Gasteiger partial charge >= 0.3 is 0 Å². The molecule has 0 aliphatic carbocycles. The molecule has 1 rings (SSSR count). The van der Waals surface area contributed by atoms with Gasteiger partial charge in [-0.2, -0.15) is 0 Å². The Morgan fingerprint density at radius 2 is 1.94 bits per heavy atom. The third-order valence-electron chi connectivity index (χ3n) is 1.85. The first-order valence-electron chi connectivity index (χ1n) is 4.96. The van der Waals surface area contributed by atoms with Gasteiger partial charge in [-0.1, -0.05) is 27.5 Å². The molecule has 102 valence electrons. The molecule has 0 saturated carbocycles. The van der Waals surface area contributed by atoms with Crippen LogP contribution >= 0.6 is 38.2 Å². The summed E-state index contributed by atoms with van der Waals surface area (Å²) in [6.45, 7) is 0.579. The van der Waals surface area contributed by atoms with Crippen LogP contribution in [0.5, 0.6) is 5.75 Å². The minimum Gasteiger partial charge on any atom is -0.490 e. The molecule has 8 heteroatoms. The van der Waals surface area contributed by atoms with E-state index in [0.717, 1.165) is 4.47 Å². The van der Waals surface area contributed by atoms with Crippen molar-refractivity contribution in [2.24, 2.45) is 0 Å². The minimum absolute atomic E-state index is 0.0431. The van der Waals surface area contributed by atoms with E-state index in [4.69, 9.17) is 31.8 Å². The molecular formula is C10H11BrCl2O4S. The van der Waals surface area contributed by atoms with Crippen molar-refractivity contribution in [3.05, 3.63) is 27.7 Å². The smallest absolute Gasteiger partial charge is 0.234 e. The van der Waals surface area contributed by atoms with Crippen LogP contribution in [0.2, 0.25) is 5.02 Å². The van der Waals surface area contributed by atoms with Crippen LogP contribution in [0.25, 0.3) is 0 Å². The van der Waals surface area contributed by atoms with Crippen molar-refractivity contribution in [2.75, 3.05) is 25.6 Å². The van der Waals surface area contributed by atoms with Gasteiger partial charge in [-0.15, -0.1) is 0 Å². The SMILES string of the molecule is O=S(=O)(Cl)CCOCCOc1cc(Br)ccc1Cl. The van der Waals surface area contributed by atoms with Gasteiger partial charge in [0.05, 0.1) is 24.0 Å². The molecule has 0 aliphatic heterocycles. The van der Waals surface area contributed by atoms with Gasteiger partial charge in [0.1, 0.15) is 12.4 Å². The molecule has 1 aromatic carbocycles. The van der Waals surface area contributed by atoms with Crippen molar-refractivity contribution >= 4 is 47.3 Å². The van der Waals surface area contributed by atoms with Crippen LogP contribution in [0, 0.1) is 0 Å². The highest BCUT2D eigenvalue weighted by molar-refractivity contribution is 9.10. The molecule has 0 unspecified atom stereocenters. The van der Waals surface area contributed by atoms with Crippen LogP contribution in [0.15, 0.2) is 22.7 Å². The fourth-order valence-corrected chi connectivity index (χ4v) is 2.08. The van der Waals surface area contributed by atoms with E-state index in [0.29, 0.717) is 10.8 Å². The molecule has 0 aromatic heterocycles. The lowest BCUT2D eigenvalue weighted by Crippen LogP contribution is -2.12. The largest absolute Gasteiger partial charge is 0.490 e. The highest BCUT2D eigenvalue weighted by Crippen LogP contribution is 2.27. The molecule has 18 heavy (non-hydrogen) atoms. The first-order chi connectivity index (χ1) is 8.38. The van der Waals surface area contributed by atoms with E-state index in [1.165, 1.54) is 0 Å². The molecule has 0 atom stereocenters. The predicted octanol–water partition coefficient (Wildman–Crippen LogP) is 3.07. The molecule has 4 nitrogen and oxygen atoms in total. The van der Waals surface area contributed by atoms with Crippen molar-refractivity contribution in [2.45, 2.75) is 0 Å². The Balaban J connectivity index is 2.24. The summed E-state index contributed by atoms with van der Waals surface area (Å²) in [5, 5.41) is 0.501. The summed E-state index contributed by atoms with van der Waals surface area (Å²) in [6, 6.07) is 5.25. The molecule has 0 saturated heterocycles. The molecule has 0 amide bonds. The highest BCUT2D eigenvalue weighted by atomic mass is 79.9. The maximum atomic E-state index is 10.6. The van der Waals surface area contributed by atoms with Gasteiger partial charge in [0.2, 0.25) is 9.05 Å². The monoisotopic (exact) mass is 376 g/mol. The summed E-state index contributed by atoms with van der Waals surface area (Å²) in [7, 11) is 1.52. The zero-order valence-electron chi connectivity index (χ0n) is 9.24. The second kappa shape index (κ2) is 7.55. The Kier molecular flexibility index (Phi) is 6.73. The topological polar surface area (TPSA) is 52.6 Å². The van der Waals surface area contributed by atoms with Gasteiger partial charge in [0.15, 0.2) is 0 Å². The summed E-state index contributed by atoms with van der Waals surface area (Å²) in [4.78, 5) is 0. The van der Waals surface area contributed by atoms with E-state index in [-0.39, 0.29) is 25.6 Å². The van der Waals surface area contributed by atoms with Crippen LogP contribution in [0.1, 0.15) is 0 Å². The van der Waals surface area contributed by atoms with Gasteiger partial charge in [0, 0.05) is 15.2 Å². The lowest BCUT2D eigenvalue weighted by atomic mass is 10.3. The molecule has 0 heterocycles. The summed E-state index contributed by atoms with van der Waals surface area (Å²) in [5.41, 5.74) is 0. The summed E-state index contributed by atoms with van der Waals surface area (Å²) >= 11 is 9.21. The van der Waals surface area contributed by atoms with Gasteiger partial charge in [-0.3, -0.25) is 0 Å². The normalized spacial score (nSPS) is 11.5. The average molecular weight is 378 g/mol. The number of halogens is 3. The van der Waals surface area contributed by atoms with Crippen LogP contribution < -0.4 is 4.74 Å². The fraction of sp³-hybridized carbons (Fsp3) is 0.400. The maximum absolute atomic E-state index is 10.6. The van der Waals surface area contributed by atoms with E-state index in [2.05, 4.69) is 15.9 Å². The maximum Gasteiger partial charge on any atom is 0.234 e. The van der Waals surface area contributed by atoms with Gasteiger partial charge in [0.25, 0.3) is 0 Å². The van der Waals surface area contributed by atoms with Gasteiger partial charge in [-0.05, 0) is 18.2 Å². The third-order valence-corrected chi connectivity index (χ3v) is 3.77. The molecule has 0 radical (unpaired) electrons. The molecule has 0 spiro atoms. The highest BCUT2D eigenvalue weighted by Gasteiger charge is 2.05. The lowest BCUT2D eigenvalue weighted by Gasteiger charge is -2.08. The summed E-state index contributed by atoms with van der Waals surface area (Å²) in [5.74, 6) is 0.325. The Labute approximate surface area is 124 Å². The summed E-state index contributed by atoms with van der Waals surface area (Å²) in [6.07, 6.45) is 0. The lowest BCUT2D eigenvalue weighted by molar-refractivity contribution is 0.111. The van der Waals surface area contributed by atoms with Crippen molar-refractivity contribution in [1.29, 1.82) is 0 Å². The van der Waals surface area contributed by atoms with Crippen LogP contribution in [0.3, 0.4) is 0 Å². The Morgan fingerprint density at radius 1 is 1.22 bits per heavy atom. The van der Waals surface area contributed by atoms with Crippen LogP contribution in [-0.4, -0.2) is 34.0 Å². The number of ether oxygens (including phenoxy) is 2. The molecule has 0 bridgehead atoms. The van der Waals surface area contributed by atoms with Crippen molar-refractivity contribution < 1.29 is 17.9 Å². The van der Waals surface area contributed by atoms with E-state index >= 15 is 0 Å². The Bertz CT molecular complexity index is 493. The second-order valence-corrected chi connectivity index (χ2v) is 7.50. The van der Waals surface area contributed by atoms with Gasteiger partial charge in [-0.25, -0.2) is 8.42 Å². The molecular weight excluding hydrogens is 367 g/mol. The first-order valence-corrected chi connectivity index (χ1v) is 8.61. The number of rotatable bonds is 7. The van der Waals surface area contributed by atoms with Crippen LogP contribution in [0.4, 0.5) is 0 Å². The molecule has 0 N–H and O–H groups in total. The zero-order chi connectivity index (χ0) is 13.6. The average Bonchev–Trinajstić information content (AvgIpc) is 2.26. The number of hydrogen-bond donors (Lipinski definition) is 0. The Hall–Kier alpha value is -0.0100. The third kappa shape index (κ3) is 6.80. The van der Waals surface area contributed by atoms with E-state index in [9.17, 15) is 8.42 Å². The fourth-order valence-electron chi connectivity index (χ4n) is 1.06. The van der Waals surface area contributed by atoms with Crippen molar-refractivity contribution in [3.63, 3.8) is 0 Å². The van der Waals surface area contributed by atoms with E-state index in [1.54, 1.807) is 18.2 Å². The summed E-state index contributed by atoms with van der Waals surface area (Å²) < 4.78 is 32.5. The second-order valence-electron chi connectivity index (χ2n) is 3.28. The first kappa shape index (κ1) is 16.0. The van der Waals surface area contributed by atoms with Crippen LogP contribution in [-0.2, 0) is 13.8 Å². The quantitative estimate of drug-likeness (QED) is 0.541. The predicted molar refractivity (Wildman–Crippen MR) is 75.1 cm³/mol. The Morgan fingerprint density at radius 3 is 2.61 bits per heavy atom. The van der Waals surface area contributed by atoms with E-state index in [1.807, 2.05) is 0 Å². The number of benzene rings is 1. The molecule has 0 aliphatic rings. The molecule has 1 aromatic rings. The standard InChI is InChI=1S/C10H11BrCl2O4S/c11-8-1-2-9(12)10(7-8)17-4-3-16-5-6-18(13,14)15/h1-2,7H,3-6H2. The molecule has 0 fully saturated rings. The zero-order valence-corrected chi connectivity index (χ0v) is 13.1. The van der Waals surface area contributed by atoms with Crippen molar-refractivity contribution in [1.82, 2.24) is 0 Å². The van der Waals surface area contributed by atoms with Gasteiger partial charge < -0.3 is 9.47 Å². The van der Waals surface area contributed by atoms with Crippen molar-refractivity contribution in [3.8, 4) is 5.75 Å². The number of hydrogen-bond acceptors (Lipinski definition) is 4. The van der Waals surface area contributed by atoms with E-state index < -0.39 is 9.05 Å². The minimum atomic E-state index is -3.50.